The molecule has 3 aromatic heterocycles. The van der Waals surface area contributed by atoms with E-state index in [1.807, 2.05) is 61.7 Å². The molecule has 11 heteroatoms. The van der Waals surface area contributed by atoms with Gasteiger partial charge in [-0.25, -0.2) is 0 Å². The van der Waals surface area contributed by atoms with Crippen LogP contribution in [0.2, 0.25) is 0 Å². The number of nitrogens with zero attached hydrogens (tertiary/aromatic N) is 6. The zero-order valence-electron chi connectivity index (χ0n) is 28.1. The number of nitrogens with one attached hydrogen (secondary N) is 3. The number of fused-ring (bicyclic) bond motifs is 2. The molecular formula is C37H45N9O2. The van der Waals surface area contributed by atoms with Crippen LogP contribution >= 0.6 is 0 Å². The first-order valence-corrected chi connectivity index (χ1v) is 16.7. The lowest BCUT2D eigenvalue weighted by atomic mass is 9.95. The van der Waals surface area contributed by atoms with Crippen LogP contribution in [0.25, 0.3) is 27.7 Å². The number of likely N-dealkylation sites (N-methyl/N-ethyl adjacent to an activating group) is 1. The van der Waals surface area contributed by atoms with Gasteiger partial charge in [-0.3, -0.25) is 9.78 Å². The van der Waals surface area contributed by atoms with Crippen molar-refractivity contribution in [3.63, 3.8) is 0 Å². The summed E-state index contributed by atoms with van der Waals surface area (Å²) >= 11 is 0. The maximum absolute atomic E-state index is 12.6. The normalized spacial score (nSPS) is 16.8. The Kier molecular flexibility index (Phi) is 10.4. The number of allylic oxidation sites excluding steroid dienone is 1. The average Bonchev–Trinajstić information content (AvgIpc) is 3.51. The van der Waals surface area contributed by atoms with Crippen LogP contribution < -0.4 is 16.0 Å². The number of β-amino-alcohol motifs (C(OH)–C–C–N with tert-alkyl or cyclic N) is 1. The quantitative estimate of drug-likeness (QED) is 0.134. The molecule has 0 radical (unpaired) electrons. The predicted octanol–water partition coefficient (Wildman–Crippen LogP) is 4.69. The maximum atomic E-state index is 12.6. The van der Waals surface area contributed by atoms with E-state index in [0.717, 1.165) is 63.9 Å². The van der Waals surface area contributed by atoms with Crippen molar-refractivity contribution in [2.75, 3.05) is 50.9 Å². The van der Waals surface area contributed by atoms with Gasteiger partial charge in [-0.2, -0.15) is 19.6 Å². The molecule has 5 aromatic rings. The van der Waals surface area contributed by atoms with Crippen LogP contribution in [0.4, 0.5) is 11.9 Å². The molecule has 0 unspecified atom stereocenters. The number of aliphatic hydroxyl groups excluding tert-OH is 1. The van der Waals surface area contributed by atoms with Crippen molar-refractivity contribution in [2.24, 2.45) is 5.92 Å². The van der Waals surface area contributed by atoms with Crippen LogP contribution in [0.5, 0.6) is 0 Å². The van der Waals surface area contributed by atoms with Gasteiger partial charge in [0.05, 0.1) is 18.0 Å². The summed E-state index contributed by atoms with van der Waals surface area (Å²) in [4.78, 5) is 29.1. The lowest BCUT2D eigenvalue weighted by molar-refractivity contribution is -0.114. The SMILES string of the molecule is CC(C)c1cnn2c(NCc3ccccc3-c3nccc4cc(CC(=O)/C=C/CN(C)C)ccc34)nc(NC[C@H]3CCNC[C@@H]3O)nc12. The predicted molar refractivity (Wildman–Crippen MR) is 191 cm³/mol. The van der Waals surface area contributed by atoms with Gasteiger partial charge in [-0.1, -0.05) is 62.4 Å². The first-order valence-electron chi connectivity index (χ1n) is 16.7. The molecule has 1 fully saturated rings. The highest BCUT2D eigenvalue weighted by atomic mass is 16.3. The van der Waals surface area contributed by atoms with Gasteiger partial charge in [-0.15, -0.1) is 0 Å². The van der Waals surface area contributed by atoms with E-state index in [2.05, 4.69) is 59.2 Å². The van der Waals surface area contributed by atoms with E-state index >= 15 is 0 Å². The smallest absolute Gasteiger partial charge is 0.229 e. The summed E-state index contributed by atoms with van der Waals surface area (Å²) in [6.45, 7) is 7.54. The molecule has 1 saturated heterocycles. The third kappa shape index (κ3) is 7.70. The summed E-state index contributed by atoms with van der Waals surface area (Å²) in [6, 6.07) is 16.4. The Morgan fingerprint density at radius 1 is 1.15 bits per heavy atom. The molecule has 1 aliphatic rings. The van der Waals surface area contributed by atoms with Crippen molar-refractivity contribution in [2.45, 2.75) is 45.3 Å². The zero-order valence-corrected chi connectivity index (χ0v) is 28.1. The molecule has 0 bridgehead atoms. The topological polar surface area (TPSA) is 133 Å². The van der Waals surface area contributed by atoms with E-state index in [9.17, 15) is 9.90 Å². The van der Waals surface area contributed by atoms with Crippen LogP contribution in [0, 0.1) is 5.92 Å². The number of aliphatic hydroxyl groups is 1. The first kappa shape index (κ1) is 33.2. The zero-order chi connectivity index (χ0) is 33.6. The van der Waals surface area contributed by atoms with E-state index in [0.29, 0.717) is 38.0 Å². The van der Waals surface area contributed by atoms with Crippen LogP contribution in [0.3, 0.4) is 0 Å². The lowest BCUT2D eigenvalue weighted by Gasteiger charge is -2.28. The number of aromatic nitrogens is 5. The Hall–Kier alpha value is -4.71. The molecule has 4 heterocycles. The number of ketones is 1. The van der Waals surface area contributed by atoms with Crippen molar-refractivity contribution >= 4 is 34.1 Å². The maximum Gasteiger partial charge on any atom is 0.229 e. The molecule has 0 saturated carbocycles. The number of benzene rings is 2. The Labute approximate surface area is 281 Å². The fourth-order valence-electron chi connectivity index (χ4n) is 6.14. The molecule has 48 heavy (non-hydrogen) atoms. The summed E-state index contributed by atoms with van der Waals surface area (Å²) in [5.74, 6) is 1.53. The molecule has 0 aliphatic carbocycles. The highest BCUT2D eigenvalue weighted by Gasteiger charge is 2.23. The van der Waals surface area contributed by atoms with Gasteiger partial charge in [0.2, 0.25) is 11.9 Å². The number of hydrogen-bond donors (Lipinski definition) is 4. The van der Waals surface area contributed by atoms with Gasteiger partial charge < -0.3 is 26.0 Å². The average molecular weight is 648 g/mol. The molecule has 4 N–H and O–H groups in total. The summed E-state index contributed by atoms with van der Waals surface area (Å²) in [5, 5.41) is 27.3. The van der Waals surface area contributed by atoms with Crippen molar-refractivity contribution in [1.82, 2.24) is 34.8 Å². The van der Waals surface area contributed by atoms with E-state index in [-0.39, 0.29) is 17.6 Å². The fraction of sp³-hybridized carbons (Fsp3) is 0.378. The van der Waals surface area contributed by atoms with Gasteiger partial charge in [0, 0.05) is 61.2 Å². The molecule has 250 valence electrons. The second kappa shape index (κ2) is 15.0. The Morgan fingerprint density at radius 2 is 2.00 bits per heavy atom. The van der Waals surface area contributed by atoms with Crippen LogP contribution in [0.1, 0.15) is 42.9 Å². The monoisotopic (exact) mass is 647 g/mol. The summed E-state index contributed by atoms with van der Waals surface area (Å²) in [5.41, 5.74) is 5.71. The largest absolute Gasteiger partial charge is 0.391 e. The standard InChI is InChI=1S/C37H45N9O2/c1-24(2)32-22-42-46-35(32)43-36(40-21-28-13-15-38-23-33(28)48)44-37(46)41-20-27-8-5-6-10-30(27)34-31-12-11-25(18-26(31)14-16-39-34)19-29(47)9-7-17-45(3)4/h5-12,14,16,18,22,24,28,33,38,48H,13,15,17,19-21,23H2,1-4H3,(H2,40,41,43,44)/b9-7+/t28-,33+/m1/s1. The van der Waals surface area contributed by atoms with Crippen LogP contribution in [0.15, 0.2) is 73.1 Å². The molecule has 0 amide bonds. The molecular weight excluding hydrogens is 602 g/mol. The molecule has 0 spiro atoms. The fourth-order valence-corrected chi connectivity index (χ4v) is 6.14. The summed E-state index contributed by atoms with van der Waals surface area (Å²) in [7, 11) is 3.96. The van der Waals surface area contributed by atoms with Crippen molar-refractivity contribution in [3.05, 3.63) is 89.8 Å². The Morgan fingerprint density at radius 3 is 2.81 bits per heavy atom. The minimum absolute atomic E-state index is 0.0839. The van der Waals surface area contributed by atoms with Crippen LogP contribution in [-0.2, 0) is 17.8 Å². The van der Waals surface area contributed by atoms with Gasteiger partial charge >= 0.3 is 0 Å². The number of hydrogen-bond acceptors (Lipinski definition) is 10. The van der Waals surface area contributed by atoms with Crippen molar-refractivity contribution < 1.29 is 9.90 Å². The minimum Gasteiger partial charge on any atom is -0.391 e. The number of rotatable bonds is 13. The number of anilines is 2. The highest BCUT2D eigenvalue weighted by molar-refractivity contribution is 5.97. The van der Waals surface area contributed by atoms with Crippen molar-refractivity contribution in [3.8, 4) is 11.3 Å². The third-order valence-electron chi connectivity index (χ3n) is 8.82. The summed E-state index contributed by atoms with van der Waals surface area (Å²) in [6.07, 6.45) is 8.09. The number of carbonyl (C=O) groups excluding carboxylic acids is 1. The minimum atomic E-state index is -0.405. The van der Waals surface area contributed by atoms with E-state index in [4.69, 9.17) is 15.0 Å². The lowest BCUT2D eigenvalue weighted by Crippen LogP contribution is -2.43. The molecule has 6 rings (SSSR count). The number of carbonyl (C=O) groups is 1. The Bertz CT molecular complexity index is 1920. The van der Waals surface area contributed by atoms with Gasteiger partial charge in [-0.05, 0) is 61.6 Å². The van der Waals surface area contributed by atoms with E-state index in [1.165, 1.54) is 0 Å². The molecule has 2 atom stereocenters. The second-order valence-corrected chi connectivity index (χ2v) is 13.1. The highest BCUT2D eigenvalue weighted by Crippen LogP contribution is 2.31. The number of piperidine rings is 1. The van der Waals surface area contributed by atoms with Gasteiger partial charge in [0.1, 0.15) is 0 Å². The van der Waals surface area contributed by atoms with Gasteiger partial charge in [0.15, 0.2) is 11.4 Å². The van der Waals surface area contributed by atoms with E-state index < -0.39 is 6.10 Å². The van der Waals surface area contributed by atoms with E-state index in [1.54, 1.807) is 10.6 Å². The number of pyridine rings is 1. The first-order chi connectivity index (χ1) is 23.3. The second-order valence-electron chi connectivity index (χ2n) is 13.1. The van der Waals surface area contributed by atoms with Crippen LogP contribution in [-0.4, -0.2) is 86.7 Å². The Balaban J connectivity index is 1.25. The molecule has 11 nitrogen and oxygen atoms in total. The molecule has 2 aromatic carbocycles. The van der Waals surface area contributed by atoms with Crippen molar-refractivity contribution in [1.29, 1.82) is 0 Å². The molecule has 1 aliphatic heterocycles. The summed E-state index contributed by atoms with van der Waals surface area (Å²) < 4.78 is 1.76. The van der Waals surface area contributed by atoms with Gasteiger partial charge in [0.25, 0.3) is 0 Å². The third-order valence-corrected chi connectivity index (χ3v) is 8.82.